The number of hydrogen-bond acceptors (Lipinski definition) is 3. The van der Waals surface area contributed by atoms with Crippen molar-refractivity contribution in [3.63, 3.8) is 0 Å². The van der Waals surface area contributed by atoms with E-state index in [1.165, 1.54) is 18.3 Å². The maximum atomic E-state index is 12.0. The van der Waals surface area contributed by atoms with Gasteiger partial charge in [-0.15, -0.1) is 11.3 Å². The fourth-order valence-electron chi connectivity index (χ4n) is 1.03. The van der Waals surface area contributed by atoms with Crippen LogP contribution in [0.25, 0.3) is 0 Å². The summed E-state index contributed by atoms with van der Waals surface area (Å²) < 4.78 is 35.9. The number of aryl methyl sites for hydroxylation is 1. The van der Waals surface area contributed by atoms with Gasteiger partial charge in [0.25, 0.3) is 0 Å². The smallest absolute Gasteiger partial charge is 0.359 e. The Hall–Kier alpha value is -0.780. The molecule has 1 N–H and O–H groups in total. The molecule has 1 aromatic heterocycles. The summed E-state index contributed by atoms with van der Waals surface area (Å²) in [6, 6.07) is -0.638. The van der Waals surface area contributed by atoms with Gasteiger partial charge in [-0.3, -0.25) is 0 Å². The highest BCUT2D eigenvalue weighted by Crippen LogP contribution is 2.24. The van der Waals surface area contributed by atoms with Crippen molar-refractivity contribution in [2.24, 2.45) is 0 Å². The highest BCUT2D eigenvalue weighted by Gasteiger charge is 2.30. The summed E-state index contributed by atoms with van der Waals surface area (Å²) in [5, 5.41) is 3.25. The Morgan fingerprint density at radius 3 is 2.64 bits per heavy atom. The molecule has 0 saturated carbocycles. The predicted octanol–water partition coefficient (Wildman–Crippen LogP) is 3.20. The Balaban J connectivity index is 2.45. The van der Waals surface area contributed by atoms with Gasteiger partial charge in [-0.1, -0.05) is 0 Å². The molecule has 2 nitrogen and oxygen atoms in total. The first-order chi connectivity index (χ1) is 6.37. The third-order valence-corrected chi connectivity index (χ3v) is 2.37. The van der Waals surface area contributed by atoms with Gasteiger partial charge >= 0.3 is 6.18 Å². The Labute approximate surface area is 84.2 Å². The average Bonchev–Trinajstić information content (AvgIpc) is 2.30. The van der Waals surface area contributed by atoms with Crippen molar-refractivity contribution < 1.29 is 13.2 Å². The molecule has 0 aliphatic heterocycles. The van der Waals surface area contributed by atoms with Crippen LogP contribution in [-0.2, 0) is 0 Å². The van der Waals surface area contributed by atoms with Gasteiger partial charge in [0.15, 0.2) is 5.13 Å². The molecule has 0 aliphatic rings. The molecule has 80 valence electrons. The highest BCUT2D eigenvalue weighted by molar-refractivity contribution is 7.15. The van der Waals surface area contributed by atoms with Crippen molar-refractivity contribution in [1.29, 1.82) is 0 Å². The molecular formula is C8H11F3N2S. The molecule has 0 spiro atoms. The van der Waals surface area contributed by atoms with Crippen LogP contribution in [0, 0.1) is 6.92 Å². The lowest BCUT2D eigenvalue weighted by Crippen LogP contribution is -2.23. The Morgan fingerprint density at radius 1 is 1.57 bits per heavy atom. The zero-order valence-electron chi connectivity index (χ0n) is 7.85. The van der Waals surface area contributed by atoms with Crippen molar-refractivity contribution in [3.05, 3.63) is 11.1 Å². The van der Waals surface area contributed by atoms with E-state index in [1.807, 2.05) is 6.92 Å². The number of thiazole rings is 1. The number of hydrogen-bond donors (Lipinski definition) is 1. The van der Waals surface area contributed by atoms with Crippen LogP contribution in [0.3, 0.4) is 0 Å². The van der Waals surface area contributed by atoms with Crippen LogP contribution in [0.1, 0.15) is 18.2 Å². The quantitative estimate of drug-likeness (QED) is 0.852. The first-order valence-corrected chi connectivity index (χ1v) is 4.94. The van der Waals surface area contributed by atoms with Crippen molar-refractivity contribution in [2.45, 2.75) is 32.5 Å². The fraction of sp³-hybridized carbons (Fsp3) is 0.625. The number of aromatic nitrogens is 1. The lowest BCUT2D eigenvalue weighted by Gasteiger charge is -2.14. The SMILES string of the molecule is Cc1cnc(NC(C)CC(F)(F)F)s1. The monoisotopic (exact) mass is 224 g/mol. The number of nitrogens with one attached hydrogen (secondary N) is 1. The molecule has 0 aromatic carbocycles. The minimum Gasteiger partial charge on any atom is -0.359 e. The Bertz CT molecular complexity index is 295. The lowest BCUT2D eigenvalue weighted by molar-refractivity contribution is -0.136. The topological polar surface area (TPSA) is 24.9 Å². The van der Waals surface area contributed by atoms with E-state index in [2.05, 4.69) is 10.3 Å². The number of nitrogens with zero attached hydrogens (tertiary/aromatic N) is 1. The summed E-state index contributed by atoms with van der Waals surface area (Å²) >= 11 is 1.35. The Kier molecular flexibility index (Phi) is 3.36. The summed E-state index contributed by atoms with van der Waals surface area (Å²) in [4.78, 5) is 4.90. The maximum absolute atomic E-state index is 12.0. The van der Waals surface area contributed by atoms with Gasteiger partial charge in [0, 0.05) is 17.1 Å². The number of alkyl halides is 3. The molecule has 1 atom stereocenters. The largest absolute Gasteiger partial charge is 0.391 e. The van der Waals surface area contributed by atoms with E-state index in [-0.39, 0.29) is 0 Å². The van der Waals surface area contributed by atoms with Crippen LogP contribution in [0.5, 0.6) is 0 Å². The minimum absolute atomic E-state index is 0.541. The fourth-order valence-corrected chi connectivity index (χ4v) is 1.81. The average molecular weight is 224 g/mol. The third-order valence-electron chi connectivity index (χ3n) is 1.53. The molecule has 1 heterocycles. The zero-order chi connectivity index (χ0) is 10.8. The molecule has 0 fully saturated rings. The van der Waals surface area contributed by atoms with Gasteiger partial charge in [0.2, 0.25) is 0 Å². The van der Waals surface area contributed by atoms with Gasteiger partial charge in [0.05, 0.1) is 6.42 Å². The molecule has 0 radical (unpaired) electrons. The van der Waals surface area contributed by atoms with Crippen LogP contribution in [0.2, 0.25) is 0 Å². The van der Waals surface area contributed by atoms with Gasteiger partial charge in [-0.25, -0.2) is 4.98 Å². The first kappa shape index (κ1) is 11.3. The summed E-state index contributed by atoms with van der Waals surface area (Å²) in [7, 11) is 0. The van der Waals surface area contributed by atoms with E-state index in [4.69, 9.17) is 0 Å². The Morgan fingerprint density at radius 2 is 2.21 bits per heavy atom. The van der Waals surface area contributed by atoms with Gasteiger partial charge in [0.1, 0.15) is 0 Å². The van der Waals surface area contributed by atoms with Crippen molar-refractivity contribution in [1.82, 2.24) is 4.98 Å². The molecule has 0 aliphatic carbocycles. The normalized spacial score (nSPS) is 14.1. The molecule has 0 saturated heterocycles. The van der Waals surface area contributed by atoms with Crippen molar-refractivity contribution in [3.8, 4) is 0 Å². The second kappa shape index (κ2) is 4.16. The molecule has 1 unspecified atom stereocenters. The number of halogens is 3. The van der Waals surface area contributed by atoms with Crippen LogP contribution in [0.4, 0.5) is 18.3 Å². The molecule has 0 amide bonds. The van der Waals surface area contributed by atoms with E-state index in [0.717, 1.165) is 4.88 Å². The van der Waals surface area contributed by atoms with Crippen molar-refractivity contribution in [2.75, 3.05) is 5.32 Å². The molecule has 1 aromatic rings. The van der Waals surface area contributed by atoms with Crippen molar-refractivity contribution >= 4 is 16.5 Å². The predicted molar refractivity (Wildman–Crippen MR) is 50.6 cm³/mol. The first-order valence-electron chi connectivity index (χ1n) is 4.12. The molecule has 1 rings (SSSR count). The van der Waals surface area contributed by atoms with E-state index in [0.29, 0.717) is 5.13 Å². The second-order valence-corrected chi connectivity index (χ2v) is 4.38. The van der Waals surface area contributed by atoms with E-state index >= 15 is 0 Å². The summed E-state index contributed by atoms with van der Waals surface area (Å²) in [6.45, 7) is 3.35. The molecule has 0 bridgehead atoms. The molecule has 14 heavy (non-hydrogen) atoms. The molecular weight excluding hydrogens is 213 g/mol. The second-order valence-electron chi connectivity index (χ2n) is 3.14. The van der Waals surface area contributed by atoms with Gasteiger partial charge < -0.3 is 5.32 Å². The summed E-state index contributed by atoms with van der Waals surface area (Å²) in [5.74, 6) is 0. The zero-order valence-corrected chi connectivity index (χ0v) is 8.67. The van der Waals surface area contributed by atoms with Crippen LogP contribution in [-0.4, -0.2) is 17.2 Å². The van der Waals surface area contributed by atoms with E-state index in [1.54, 1.807) is 6.20 Å². The molecule has 6 heteroatoms. The van der Waals surface area contributed by atoms with Crippen LogP contribution >= 0.6 is 11.3 Å². The van der Waals surface area contributed by atoms with E-state index < -0.39 is 18.6 Å². The number of anilines is 1. The van der Waals surface area contributed by atoms with Crippen LogP contribution < -0.4 is 5.32 Å². The standard InChI is InChI=1S/C8H11F3N2S/c1-5(3-8(9,10)11)13-7-12-4-6(2)14-7/h4-5H,3H2,1-2H3,(H,12,13). The summed E-state index contributed by atoms with van der Waals surface area (Å²) in [6.07, 6.45) is -3.34. The highest BCUT2D eigenvalue weighted by atomic mass is 32.1. The summed E-state index contributed by atoms with van der Waals surface area (Å²) in [5.41, 5.74) is 0. The van der Waals surface area contributed by atoms with E-state index in [9.17, 15) is 13.2 Å². The van der Waals surface area contributed by atoms with Crippen LogP contribution in [0.15, 0.2) is 6.20 Å². The van der Waals surface area contributed by atoms with Gasteiger partial charge in [-0.05, 0) is 13.8 Å². The number of rotatable bonds is 3. The van der Waals surface area contributed by atoms with Gasteiger partial charge in [-0.2, -0.15) is 13.2 Å². The minimum atomic E-state index is -4.13. The third kappa shape index (κ3) is 3.95. The lowest BCUT2D eigenvalue weighted by atomic mass is 10.2. The maximum Gasteiger partial charge on any atom is 0.391 e.